The molecule has 1 aliphatic heterocycles. The second-order valence-corrected chi connectivity index (χ2v) is 7.46. The molecule has 0 atom stereocenters. The first kappa shape index (κ1) is 24.9. The largest absolute Gasteiger partial charge is 0.494 e. The van der Waals surface area contributed by atoms with Gasteiger partial charge in [-0.15, -0.1) is 24.0 Å². The quantitative estimate of drug-likeness (QED) is 0.330. The van der Waals surface area contributed by atoms with Crippen LogP contribution in [-0.2, 0) is 24.4 Å². The molecule has 6 nitrogen and oxygen atoms in total. The highest BCUT2D eigenvalue weighted by atomic mass is 127. The van der Waals surface area contributed by atoms with Crippen molar-refractivity contribution in [1.29, 1.82) is 0 Å². The highest BCUT2D eigenvalue weighted by Gasteiger charge is 2.20. The van der Waals surface area contributed by atoms with Crippen molar-refractivity contribution in [2.45, 2.75) is 32.5 Å². The molecule has 0 unspecified atom stereocenters. The predicted octanol–water partition coefficient (Wildman–Crippen LogP) is 3.78. The van der Waals surface area contributed by atoms with Crippen molar-refractivity contribution >= 4 is 35.8 Å². The molecule has 1 heterocycles. The van der Waals surface area contributed by atoms with E-state index in [1.54, 1.807) is 13.1 Å². The van der Waals surface area contributed by atoms with Crippen molar-refractivity contribution in [3.05, 3.63) is 65.0 Å². The normalized spacial score (nSPS) is 13.7. The van der Waals surface area contributed by atoms with E-state index in [-0.39, 0.29) is 41.5 Å². The van der Waals surface area contributed by atoms with Gasteiger partial charge in [0.1, 0.15) is 0 Å². The van der Waals surface area contributed by atoms with E-state index < -0.39 is 0 Å². The number of rotatable bonds is 7. The van der Waals surface area contributed by atoms with Gasteiger partial charge in [0, 0.05) is 46.7 Å². The lowest BCUT2D eigenvalue weighted by molar-refractivity contribution is -0.128. The molecule has 1 N–H and O–H groups in total. The van der Waals surface area contributed by atoms with Gasteiger partial charge in [-0.25, -0.2) is 4.39 Å². The maximum absolute atomic E-state index is 13.9. The molecule has 2 aromatic rings. The molecule has 0 saturated carbocycles. The minimum Gasteiger partial charge on any atom is -0.494 e. The summed E-state index contributed by atoms with van der Waals surface area (Å²) in [5, 5.41) is 3.35. The van der Waals surface area contributed by atoms with Gasteiger partial charge in [-0.1, -0.05) is 30.3 Å². The molecule has 1 amide bonds. The molecule has 0 bridgehead atoms. The number of nitrogens with one attached hydrogen (secondary N) is 1. The molecule has 1 saturated heterocycles. The number of benzene rings is 2. The van der Waals surface area contributed by atoms with E-state index in [0.717, 1.165) is 29.7 Å². The number of guanidine groups is 1. The smallest absolute Gasteiger partial charge is 0.222 e. The fourth-order valence-corrected chi connectivity index (χ4v) is 3.65. The number of aliphatic imine (C=N–C) groups is 1. The van der Waals surface area contributed by atoms with Crippen LogP contribution in [0.2, 0.25) is 0 Å². The summed E-state index contributed by atoms with van der Waals surface area (Å²) < 4.78 is 18.9. The second kappa shape index (κ2) is 11.9. The van der Waals surface area contributed by atoms with Gasteiger partial charge in [-0.2, -0.15) is 0 Å². The molecule has 8 heteroatoms. The molecular weight excluding hydrogens is 510 g/mol. The summed E-state index contributed by atoms with van der Waals surface area (Å²) in [4.78, 5) is 20.0. The number of carbonyl (C=O) groups is 1. The first-order chi connectivity index (χ1) is 14.5. The van der Waals surface area contributed by atoms with Gasteiger partial charge in [-0.3, -0.25) is 9.79 Å². The topological polar surface area (TPSA) is 57.2 Å². The van der Waals surface area contributed by atoms with E-state index in [2.05, 4.69) is 22.4 Å². The van der Waals surface area contributed by atoms with Crippen molar-refractivity contribution in [2.24, 2.45) is 4.99 Å². The Balaban J connectivity index is 0.00000341. The molecule has 168 valence electrons. The number of hydrogen-bond acceptors (Lipinski definition) is 3. The third-order valence-electron chi connectivity index (χ3n) is 5.20. The summed E-state index contributed by atoms with van der Waals surface area (Å²) >= 11 is 0. The molecule has 0 aromatic heterocycles. The Morgan fingerprint density at radius 2 is 2.00 bits per heavy atom. The van der Waals surface area contributed by atoms with E-state index in [9.17, 15) is 9.18 Å². The van der Waals surface area contributed by atoms with Crippen LogP contribution in [0.25, 0.3) is 0 Å². The predicted molar refractivity (Wildman–Crippen MR) is 131 cm³/mol. The fourth-order valence-electron chi connectivity index (χ4n) is 3.65. The van der Waals surface area contributed by atoms with Crippen LogP contribution in [0.3, 0.4) is 0 Å². The number of likely N-dealkylation sites (tertiary alicyclic amines) is 1. The number of ether oxygens (including phenoxy) is 1. The maximum Gasteiger partial charge on any atom is 0.222 e. The Labute approximate surface area is 200 Å². The van der Waals surface area contributed by atoms with E-state index in [1.165, 1.54) is 13.2 Å². The number of nitrogens with zero attached hydrogens (tertiary/aromatic N) is 3. The molecule has 2 aromatic carbocycles. The van der Waals surface area contributed by atoms with Crippen molar-refractivity contribution in [2.75, 3.05) is 27.7 Å². The summed E-state index contributed by atoms with van der Waals surface area (Å²) in [5.41, 5.74) is 3.07. The second-order valence-electron chi connectivity index (χ2n) is 7.46. The Morgan fingerprint density at radius 1 is 1.23 bits per heavy atom. The minimum atomic E-state index is -0.375. The number of amides is 1. The van der Waals surface area contributed by atoms with Crippen LogP contribution in [-0.4, -0.2) is 49.4 Å². The van der Waals surface area contributed by atoms with Gasteiger partial charge in [0.05, 0.1) is 7.11 Å². The van der Waals surface area contributed by atoms with Gasteiger partial charge in [0.25, 0.3) is 0 Å². The van der Waals surface area contributed by atoms with Crippen LogP contribution in [0.1, 0.15) is 29.5 Å². The van der Waals surface area contributed by atoms with E-state index in [0.29, 0.717) is 32.0 Å². The Hall–Kier alpha value is -2.36. The van der Waals surface area contributed by atoms with Gasteiger partial charge in [0.2, 0.25) is 5.91 Å². The van der Waals surface area contributed by atoms with E-state index in [4.69, 9.17) is 4.74 Å². The fraction of sp³-hybridized carbons (Fsp3) is 0.391. The zero-order valence-corrected chi connectivity index (χ0v) is 20.6. The summed E-state index contributed by atoms with van der Waals surface area (Å²) in [6, 6.07) is 13.2. The van der Waals surface area contributed by atoms with Crippen LogP contribution in [0.15, 0.2) is 47.5 Å². The van der Waals surface area contributed by atoms with Crippen LogP contribution in [0, 0.1) is 5.82 Å². The van der Waals surface area contributed by atoms with Crippen LogP contribution in [0.4, 0.5) is 4.39 Å². The molecule has 0 radical (unpaired) electrons. The highest BCUT2D eigenvalue weighted by Crippen LogP contribution is 2.19. The highest BCUT2D eigenvalue weighted by molar-refractivity contribution is 14.0. The summed E-state index contributed by atoms with van der Waals surface area (Å²) in [6.45, 7) is 2.61. The van der Waals surface area contributed by atoms with Crippen molar-refractivity contribution in [1.82, 2.24) is 15.1 Å². The van der Waals surface area contributed by atoms with Gasteiger partial charge in [-0.05, 0) is 35.2 Å². The van der Waals surface area contributed by atoms with E-state index in [1.807, 2.05) is 35.0 Å². The summed E-state index contributed by atoms with van der Waals surface area (Å²) in [7, 11) is 5.09. The third kappa shape index (κ3) is 6.81. The number of hydrogen-bond donors (Lipinski definition) is 1. The monoisotopic (exact) mass is 540 g/mol. The molecule has 31 heavy (non-hydrogen) atoms. The molecule has 0 spiro atoms. The molecule has 3 rings (SSSR count). The molecule has 0 aliphatic carbocycles. The first-order valence-electron chi connectivity index (χ1n) is 10.1. The average molecular weight is 540 g/mol. The van der Waals surface area contributed by atoms with Crippen molar-refractivity contribution < 1.29 is 13.9 Å². The molecule has 1 aliphatic rings. The van der Waals surface area contributed by atoms with Crippen molar-refractivity contribution in [3.63, 3.8) is 0 Å². The van der Waals surface area contributed by atoms with Crippen LogP contribution in [0.5, 0.6) is 5.75 Å². The summed E-state index contributed by atoms with van der Waals surface area (Å²) in [6.07, 6.45) is 1.60. The Morgan fingerprint density at radius 3 is 2.65 bits per heavy atom. The molecular formula is C23H30FIN4O2. The SMILES string of the molecule is CN=C(NCc1cccc(CN2CCCC2=O)c1)N(C)Cc1ccc(OC)c(F)c1.I. The van der Waals surface area contributed by atoms with E-state index >= 15 is 0 Å². The average Bonchev–Trinajstić information content (AvgIpc) is 3.13. The Kier molecular flexibility index (Phi) is 9.54. The standard InChI is InChI=1S/C23H29FN4O2.HI/c1-25-23(27(2)15-19-9-10-21(30-3)20(24)13-19)26-14-17-6-4-7-18(12-17)16-28-11-5-8-22(28)29;/h4,6-7,9-10,12-13H,5,8,11,14-16H2,1-3H3,(H,25,26);1H. The lowest BCUT2D eigenvalue weighted by atomic mass is 10.1. The minimum absolute atomic E-state index is 0. The van der Waals surface area contributed by atoms with Crippen molar-refractivity contribution in [3.8, 4) is 5.75 Å². The first-order valence-corrected chi connectivity index (χ1v) is 10.1. The zero-order chi connectivity index (χ0) is 21.5. The lowest BCUT2D eigenvalue weighted by Gasteiger charge is -2.22. The Bertz CT molecular complexity index is 922. The maximum atomic E-state index is 13.9. The number of halogens is 2. The van der Waals surface area contributed by atoms with Crippen LogP contribution < -0.4 is 10.1 Å². The lowest BCUT2D eigenvalue weighted by Crippen LogP contribution is -2.38. The van der Waals surface area contributed by atoms with Gasteiger partial charge in [0.15, 0.2) is 17.5 Å². The molecule has 1 fully saturated rings. The third-order valence-corrected chi connectivity index (χ3v) is 5.20. The van der Waals surface area contributed by atoms with Gasteiger partial charge < -0.3 is 19.9 Å². The number of methoxy groups -OCH3 is 1. The van der Waals surface area contributed by atoms with Crippen LogP contribution >= 0.6 is 24.0 Å². The van der Waals surface area contributed by atoms with Gasteiger partial charge >= 0.3 is 0 Å². The summed E-state index contributed by atoms with van der Waals surface area (Å²) in [5.74, 6) is 0.806. The zero-order valence-electron chi connectivity index (χ0n) is 18.2. The number of carbonyl (C=O) groups excluding carboxylic acids is 1.